The lowest BCUT2D eigenvalue weighted by Crippen LogP contribution is -2.37. The zero-order valence-corrected chi connectivity index (χ0v) is 17.0. The third-order valence-electron chi connectivity index (χ3n) is 3.47. The van der Waals surface area contributed by atoms with Crippen LogP contribution in [-0.2, 0) is 0 Å². The Hall–Kier alpha value is -0.210. The van der Waals surface area contributed by atoms with Crippen LogP contribution in [0.4, 0.5) is 4.79 Å². The molecule has 0 aliphatic carbocycles. The highest BCUT2D eigenvalue weighted by molar-refractivity contribution is 8.14. The predicted octanol–water partition coefficient (Wildman–Crippen LogP) is 4.50. The summed E-state index contributed by atoms with van der Waals surface area (Å²) in [6, 6.07) is 0.636. The van der Waals surface area contributed by atoms with Crippen LogP contribution in [0.1, 0.15) is 54.4 Å². The molecule has 0 bridgehead atoms. The first-order valence-electron chi connectivity index (χ1n) is 8.05. The number of likely N-dealkylation sites (tertiary alicyclic amines) is 1. The first kappa shape index (κ1) is 19.8. The van der Waals surface area contributed by atoms with Gasteiger partial charge in [0.15, 0.2) is 0 Å². The average Bonchev–Trinajstić information content (AvgIpc) is 2.66. The number of nitrogens with zero attached hydrogens (tertiary/aromatic N) is 1. The molecule has 1 N–H and O–H groups in total. The van der Waals surface area contributed by atoms with Crippen LogP contribution in [0.5, 0.6) is 0 Å². The number of hydrogen-bond donors (Lipinski definition) is 1. The number of thioether (sulfide) groups is 1. The van der Waals surface area contributed by atoms with E-state index in [2.05, 4.69) is 62.7 Å². The fourth-order valence-corrected chi connectivity index (χ4v) is 4.08. The van der Waals surface area contributed by atoms with Crippen LogP contribution in [0.15, 0.2) is 12.3 Å². The molecule has 3 atom stereocenters. The van der Waals surface area contributed by atoms with Crippen LogP contribution in [-0.4, -0.2) is 39.7 Å². The molecule has 1 fully saturated rings. The van der Waals surface area contributed by atoms with Gasteiger partial charge in [-0.3, -0.25) is 4.79 Å². The topological polar surface area (TPSA) is 32.3 Å². The quantitative estimate of drug-likeness (QED) is 0.762. The SMILES string of the molecule is C=C(CC(C)(C)C)N[C@H]1C[C@@H](CP)N(C(=O)SC(C)(C)C)C1. The van der Waals surface area contributed by atoms with Crippen molar-refractivity contribution in [3.05, 3.63) is 12.3 Å². The van der Waals surface area contributed by atoms with Gasteiger partial charge >= 0.3 is 0 Å². The van der Waals surface area contributed by atoms with Crippen molar-refractivity contribution in [3.8, 4) is 0 Å². The Bertz CT molecular complexity index is 412. The fraction of sp³-hybridized carbons (Fsp3) is 0.824. The van der Waals surface area contributed by atoms with E-state index in [1.165, 1.54) is 11.8 Å². The number of carbonyl (C=O) groups is 1. The van der Waals surface area contributed by atoms with E-state index in [-0.39, 0.29) is 15.4 Å². The van der Waals surface area contributed by atoms with E-state index in [9.17, 15) is 4.79 Å². The summed E-state index contributed by atoms with van der Waals surface area (Å²) in [5.41, 5.74) is 1.32. The van der Waals surface area contributed by atoms with E-state index < -0.39 is 0 Å². The molecule has 22 heavy (non-hydrogen) atoms. The maximum atomic E-state index is 12.5. The summed E-state index contributed by atoms with van der Waals surface area (Å²) in [5, 5.41) is 3.74. The molecule has 0 spiro atoms. The maximum absolute atomic E-state index is 12.5. The van der Waals surface area contributed by atoms with Crippen molar-refractivity contribution in [2.24, 2.45) is 5.41 Å². The Morgan fingerprint density at radius 1 is 1.32 bits per heavy atom. The number of amides is 1. The van der Waals surface area contributed by atoms with Gasteiger partial charge in [0.05, 0.1) is 0 Å². The van der Waals surface area contributed by atoms with Crippen molar-refractivity contribution < 1.29 is 4.79 Å². The maximum Gasteiger partial charge on any atom is 0.282 e. The van der Waals surface area contributed by atoms with E-state index in [4.69, 9.17) is 0 Å². The van der Waals surface area contributed by atoms with Crippen LogP contribution in [0.2, 0.25) is 0 Å². The molecule has 128 valence electrons. The number of hydrogen-bond acceptors (Lipinski definition) is 3. The van der Waals surface area contributed by atoms with Crippen molar-refractivity contribution >= 4 is 26.2 Å². The second kappa shape index (κ2) is 7.57. The highest BCUT2D eigenvalue weighted by atomic mass is 32.2. The molecule has 3 nitrogen and oxygen atoms in total. The average molecular weight is 345 g/mol. The molecule has 1 amide bonds. The molecule has 1 heterocycles. The third kappa shape index (κ3) is 6.91. The minimum atomic E-state index is -0.0378. The van der Waals surface area contributed by atoms with Gasteiger partial charge in [0.1, 0.15) is 0 Å². The monoisotopic (exact) mass is 344 g/mol. The smallest absolute Gasteiger partial charge is 0.282 e. The van der Waals surface area contributed by atoms with Gasteiger partial charge in [-0.15, -0.1) is 9.24 Å². The van der Waals surface area contributed by atoms with Crippen LogP contribution < -0.4 is 5.32 Å². The Morgan fingerprint density at radius 2 is 1.91 bits per heavy atom. The Balaban J connectivity index is 2.61. The molecule has 5 heteroatoms. The Labute approximate surface area is 143 Å². The molecular formula is C17H33N2OPS. The largest absolute Gasteiger partial charge is 0.384 e. The standard InChI is InChI=1S/C17H33N2OPS/c1-12(9-16(2,3)4)18-13-8-14(11-21)19(10-13)15(20)22-17(5,6)7/h13-14,18H,1,8-11,21H2,2-7H3/t13-,14-/m0/s1. The third-order valence-corrected chi connectivity index (χ3v) is 5.03. The van der Waals surface area contributed by atoms with E-state index in [1.54, 1.807) is 0 Å². The van der Waals surface area contributed by atoms with E-state index in [0.29, 0.717) is 12.1 Å². The zero-order valence-electron chi connectivity index (χ0n) is 15.0. The summed E-state index contributed by atoms with van der Waals surface area (Å²) in [6.45, 7) is 17.9. The normalized spacial score (nSPS) is 22.8. The number of carbonyl (C=O) groups excluding carboxylic acids is 1. The highest BCUT2D eigenvalue weighted by Crippen LogP contribution is 2.31. The van der Waals surface area contributed by atoms with Crippen LogP contribution in [0, 0.1) is 5.41 Å². The summed E-state index contributed by atoms with van der Waals surface area (Å²) in [4.78, 5) is 14.6. The van der Waals surface area contributed by atoms with Crippen molar-refractivity contribution in [2.45, 2.75) is 71.2 Å². The van der Waals surface area contributed by atoms with Gasteiger partial charge in [0.2, 0.25) is 0 Å². The van der Waals surface area contributed by atoms with Crippen molar-refractivity contribution in [1.29, 1.82) is 0 Å². The number of rotatable bonds is 4. The van der Waals surface area contributed by atoms with E-state index in [1.807, 2.05) is 4.90 Å². The summed E-state index contributed by atoms with van der Waals surface area (Å²) in [5.74, 6) is 0. The van der Waals surface area contributed by atoms with Gasteiger partial charge in [0.25, 0.3) is 5.24 Å². The zero-order chi connectivity index (χ0) is 17.1. The minimum absolute atomic E-state index is 0.0378. The van der Waals surface area contributed by atoms with Crippen molar-refractivity contribution in [1.82, 2.24) is 10.2 Å². The highest BCUT2D eigenvalue weighted by Gasteiger charge is 2.36. The van der Waals surface area contributed by atoms with Gasteiger partial charge in [0, 0.05) is 29.1 Å². The number of allylic oxidation sites excluding steroid dienone is 1. The van der Waals surface area contributed by atoms with Gasteiger partial charge < -0.3 is 10.2 Å². The first-order valence-corrected chi connectivity index (χ1v) is 9.68. The lowest BCUT2D eigenvalue weighted by Gasteiger charge is -2.27. The van der Waals surface area contributed by atoms with E-state index >= 15 is 0 Å². The lowest BCUT2D eigenvalue weighted by atomic mass is 9.90. The van der Waals surface area contributed by atoms with Crippen molar-refractivity contribution in [2.75, 3.05) is 12.7 Å². The summed E-state index contributed by atoms with van der Waals surface area (Å²) in [6.07, 6.45) is 2.89. The number of nitrogens with one attached hydrogen (secondary N) is 1. The molecule has 1 saturated heterocycles. The first-order chi connectivity index (χ1) is 9.91. The second-order valence-corrected chi connectivity index (χ2v) is 10.7. The Morgan fingerprint density at radius 3 is 2.36 bits per heavy atom. The van der Waals surface area contributed by atoms with Gasteiger partial charge in [-0.25, -0.2) is 0 Å². The van der Waals surface area contributed by atoms with Crippen LogP contribution >= 0.6 is 21.0 Å². The van der Waals surface area contributed by atoms with Gasteiger partial charge in [-0.05, 0) is 24.4 Å². The summed E-state index contributed by atoms with van der Waals surface area (Å²) >= 11 is 1.43. The second-order valence-electron chi connectivity index (χ2n) is 8.44. The molecule has 1 aliphatic heterocycles. The molecule has 0 aromatic rings. The van der Waals surface area contributed by atoms with Crippen LogP contribution in [0.25, 0.3) is 0 Å². The van der Waals surface area contributed by atoms with Gasteiger partial charge in [-0.1, -0.05) is 59.9 Å². The molecular weight excluding hydrogens is 311 g/mol. The molecule has 1 unspecified atom stereocenters. The molecule has 1 rings (SSSR count). The van der Waals surface area contributed by atoms with E-state index in [0.717, 1.165) is 31.2 Å². The summed E-state index contributed by atoms with van der Waals surface area (Å²) < 4.78 is -0.0378. The molecule has 0 aromatic heterocycles. The minimum Gasteiger partial charge on any atom is -0.384 e. The van der Waals surface area contributed by atoms with Crippen LogP contribution in [0.3, 0.4) is 0 Å². The Kier molecular flexibility index (Phi) is 6.83. The summed E-state index contributed by atoms with van der Waals surface area (Å²) in [7, 11) is 2.78. The molecule has 0 aromatic carbocycles. The van der Waals surface area contributed by atoms with Crippen molar-refractivity contribution in [3.63, 3.8) is 0 Å². The fourth-order valence-electron chi connectivity index (χ4n) is 2.77. The molecule has 0 saturated carbocycles. The van der Waals surface area contributed by atoms with Gasteiger partial charge in [-0.2, -0.15) is 0 Å². The predicted molar refractivity (Wildman–Crippen MR) is 103 cm³/mol. The lowest BCUT2D eigenvalue weighted by molar-refractivity contribution is 0.221. The molecule has 0 radical (unpaired) electrons. The molecule has 1 aliphatic rings.